The molecular formula is C30H17N3S. The van der Waals surface area contributed by atoms with Gasteiger partial charge in [0.15, 0.2) is 0 Å². The second-order valence-electron chi connectivity index (χ2n) is 8.66. The van der Waals surface area contributed by atoms with Crippen LogP contribution in [0.25, 0.3) is 60.7 Å². The zero-order chi connectivity index (χ0) is 22.2. The normalized spacial score (nSPS) is 12.6. The van der Waals surface area contributed by atoms with Gasteiger partial charge in [-0.1, -0.05) is 90.6 Å². The lowest BCUT2D eigenvalue weighted by atomic mass is 10.1. The topological polar surface area (TPSA) is 30.7 Å². The Morgan fingerprint density at radius 2 is 1.38 bits per heavy atom. The van der Waals surface area contributed by atoms with E-state index >= 15 is 0 Å². The van der Waals surface area contributed by atoms with Crippen molar-refractivity contribution in [1.82, 2.24) is 14.5 Å². The molecule has 3 heterocycles. The van der Waals surface area contributed by atoms with Crippen LogP contribution >= 0.6 is 11.8 Å². The maximum absolute atomic E-state index is 5.26. The minimum Gasteiger partial charge on any atom is -0.277 e. The Morgan fingerprint density at radius 1 is 0.588 bits per heavy atom. The molecule has 0 radical (unpaired) electrons. The molecule has 0 saturated carbocycles. The summed E-state index contributed by atoms with van der Waals surface area (Å²) >= 11 is 1.80. The average Bonchev–Trinajstić information content (AvgIpc) is 3.24. The van der Waals surface area contributed by atoms with E-state index in [1.165, 1.54) is 36.9 Å². The van der Waals surface area contributed by atoms with Crippen LogP contribution in [0.4, 0.5) is 0 Å². The maximum atomic E-state index is 5.26. The molecule has 1 aliphatic rings. The largest absolute Gasteiger partial charge is 0.277 e. The van der Waals surface area contributed by atoms with Crippen LogP contribution in [0.1, 0.15) is 0 Å². The van der Waals surface area contributed by atoms with Crippen molar-refractivity contribution in [2.45, 2.75) is 9.79 Å². The van der Waals surface area contributed by atoms with Crippen molar-refractivity contribution >= 4 is 55.2 Å². The van der Waals surface area contributed by atoms with Gasteiger partial charge in [0.25, 0.3) is 0 Å². The Hall–Kier alpha value is -4.15. The number of fused-ring (bicyclic) bond motifs is 7. The summed E-state index contributed by atoms with van der Waals surface area (Å²) in [6.45, 7) is 0. The van der Waals surface area contributed by atoms with Crippen LogP contribution < -0.4 is 0 Å². The summed E-state index contributed by atoms with van der Waals surface area (Å²) in [6.07, 6.45) is 0. The summed E-state index contributed by atoms with van der Waals surface area (Å²) in [5, 5.41) is 5.99. The average molecular weight is 452 g/mol. The van der Waals surface area contributed by atoms with Crippen LogP contribution in [-0.4, -0.2) is 14.5 Å². The molecule has 5 aromatic carbocycles. The van der Waals surface area contributed by atoms with Crippen molar-refractivity contribution in [3.63, 3.8) is 0 Å². The van der Waals surface area contributed by atoms with E-state index in [1.54, 1.807) is 11.8 Å². The molecule has 158 valence electrons. The number of benzene rings is 5. The van der Waals surface area contributed by atoms with Crippen LogP contribution in [-0.2, 0) is 0 Å². The van der Waals surface area contributed by atoms with E-state index in [2.05, 4.69) is 108 Å². The molecule has 0 saturated heterocycles. The zero-order valence-electron chi connectivity index (χ0n) is 18.1. The van der Waals surface area contributed by atoms with E-state index in [-0.39, 0.29) is 0 Å². The molecule has 8 rings (SSSR count). The molecule has 7 aromatic rings. The van der Waals surface area contributed by atoms with E-state index < -0.39 is 0 Å². The minimum absolute atomic E-state index is 0.712. The lowest BCUT2D eigenvalue weighted by molar-refractivity contribution is 1.01. The summed E-state index contributed by atoms with van der Waals surface area (Å²) < 4.78 is 2.25. The molecule has 34 heavy (non-hydrogen) atoms. The Morgan fingerprint density at radius 3 is 2.35 bits per heavy atom. The summed E-state index contributed by atoms with van der Waals surface area (Å²) in [6, 6.07) is 36.5. The monoisotopic (exact) mass is 451 g/mol. The fraction of sp³-hybridized carbons (Fsp3) is 0. The van der Waals surface area contributed by atoms with Gasteiger partial charge in [0, 0.05) is 36.9 Å². The highest BCUT2D eigenvalue weighted by atomic mass is 32.2. The van der Waals surface area contributed by atoms with Crippen LogP contribution in [0, 0.1) is 0 Å². The molecule has 0 fully saturated rings. The van der Waals surface area contributed by atoms with Crippen LogP contribution in [0.3, 0.4) is 0 Å². The van der Waals surface area contributed by atoms with Crippen LogP contribution in [0.2, 0.25) is 0 Å². The fourth-order valence-electron chi connectivity index (χ4n) is 5.33. The van der Waals surface area contributed by atoms with Gasteiger partial charge in [0.1, 0.15) is 0 Å². The number of aromatic nitrogens is 3. The third-order valence-corrected chi connectivity index (χ3v) is 7.93. The molecular weight excluding hydrogens is 434 g/mol. The Labute approximate surface area is 199 Å². The molecule has 2 aromatic heterocycles. The van der Waals surface area contributed by atoms with Gasteiger partial charge in [0.05, 0.1) is 22.2 Å². The van der Waals surface area contributed by atoms with Gasteiger partial charge in [-0.2, -0.15) is 0 Å². The van der Waals surface area contributed by atoms with Crippen molar-refractivity contribution in [1.29, 1.82) is 0 Å². The van der Waals surface area contributed by atoms with Crippen LogP contribution in [0.5, 0.6) is 0 Å². The first-order valence-electron chi connectivity index (χ1n) is 11.4. The Bertz CT molecular complexity index is 1950. The third kappa shape index (κ3) is 2.38. The van der Waals surface area contributed by atoms with Crippen molar-refractivity contribution in [2.75, 3.05) is 0 Å². The first kappa shape index (κ1) is 18.3. The van der Waals surface area contributed by atoms with Crippen molar-refractivity contribution in [3.8, 4) is 17.2 Å². The lowest BCUT2D eigenvalue weighted by Crippen LogP contribution is -2.05. The molecule has 0 amide bonds. The first-order valence-corrected chi connectivity index (χ1v) is 12.2. The highest BCUT2D eigenvalue weighted by Crippen LogP contribution is 2.47. The van der Waals surface area contributed by atoms with E-state index in [0.29, 0.717) is 5.95 Å². The first-order chi connectivity index (χ1) is 16.9. The summed E-state index contributed by atoms with van der Waals surface area (Å²) in [5.41, 5.74) is 5.43. The second kappa shape index (κ2) is 6.69. The van der Waals surface area contributed by atoms with Gasteiger partial charge in [-0.15, -0.1) is 0 Å². The smallest absolute Gasteiger partial charge is 0.235 e. The molecule has 1 aliphatic heterocycles. The van der Waals surface area contributed by atoms with Gasteiger partial charge in [-0.25, -0.2) is 9.97 Å². The second-order valence-corrected chi connectivity index (χ2v) is 9.74. The van der Waals surface area contributed by atoms with E-state index in [1.807, 2.05) is 0 Å². The maximum Gasteiger partial charge on any atom is 0.235 e. The highest BCUT2D eigenvalue weighted by molar-refractivity contribution is 7.99. The van der Waals surface area contributed by atoms with Gasteiger partial charge in [-0.3, -0.25) is 4.57 Å². The molecule has 0 aliphatic carbocycles. The van der Waals surface area contributed by atoms with E-state index in [0.717, 1.165) is 27.6 Å². The number of hydrogen-bond acceptors (Lipinski definition) is 3. The lowest BCUT2D eigenvalue weighted by Gasteiger charge is -2.20. The molecule has 3 nitrogen and oxygen atoms in total. The summed E-state index contributed by atoms with van der Waals surface area (Å²) in [7, 11) is 0. The number of hydrogen-bond donors (Lipinski definition) is 0. The molecule has 0 atom stereocenters. The predicted molar refractivity (Wildman–Crippen MR) is 141 cm³/mol. The minimum atomic E-state index is 0.712. The molecule has 0 unspecified atom stereocenters. The van der Waals surface area contributed by atoms with Gasteiger partial charge in [-0.05, 0) is 29.7 Å². The predicted octanol–water partition coefficient (Wildman–Crippen LogP) is 8.01. The Kier molecular flexibility index (Phi) is 3.60. The van der Waals surface area contributed by atoms with Gasteiger partial charge >= 0.3 is 0 Å². The fourth-order valence-corrected chi connectivity index (χ4v) is 6.44. The molecule has 0 spiro atoms. The van der Waals surface area contributed by atoms with Crippen molar-refractivity contribution < 1.29 is 0 Å². The number of rotatable bonds is 1. The SMILES string of the molecule is c1ccc2c(c1)Sc1cccc3nc(-n4c5ccccc5c5ccc6ccccc6c54)nc-2c13. The number of nitrogens with zero attached hydrogens (tertiary/aromatic N) is 3. The third-order valence-electron chi connectivity index (χ3n) is 6.79. The van der Waals surface area contributed by atoms with E-state index in [4.69, 9.17) is 9.97 Å². The van der Waals surface area contributed by atoms with Gasteiger partial charge < -0.3 is 0 Å². The standard InChI is InChI=1S/C30H17N3S/c1-2-9-19-18(8-1)16-17-21-20-10-3-5-13-24(20)33(29(19)21)30-31-23-12-7-15-26-27(23)28(32-30)22-11-4-6-14-25(22)34-26/h1-17H. The van der Waals surface area contributed by atoms with Gasteiger partial charge in [0.2, 0.25) is 5.95 Å². The van der Waals surface area contributed by atoms with Crippen LogP contribution in [0.15, 0.2) is 113 Å². The number of para-hydroxylation sites is 1. The van der Waals surface area contributed by atoms with E-state index in [9.17, 15) is 0 Å². The highest BCUT2D eigenvalue weighted by Gasteiger charge is 2.23. The molecule has 0 bridgehead atoms. The van der Waals surface area contributed by atoms with Crippen molar-refractivity contribution in [3.05, 3.63) is 103 Å². The zero-order valence-corrected chi connectivity index (χ0v) is 18.9. The molecule has 4 heteroatoms. The quantitative estimate of drug-likeness (QED) is 0.253. The van der Waals surface area contributed by atoms with Crippen molar-refractivity contribution in [2.24, 2.45) is 0 Å². The molecule has 0 N–H and O–H groups in total. The summed E-state index contributed by atoms with van der Waals surface area (Å²) in [4.78, 5) is 12.8. The summed E-state index contributed by atoms with van der Waals surface area (Å²) in [5.74, 6) is 0.712. The Balaban J connectivity index is 1.57.